The van der Waals surface area contributed by atoms with E-state index in [1.54, 1.807) is 10.9 Å². The van der Waals surface area contributed by atoms with Gasteiger partial charge in [0.05, 0.1) is 17.3 Å². The van der Waals surface area contributed by atoms with Crippen molar-refractivity contribution >= 4 is 17.4 Å². The molecule has 4 nitrogen and oxygen atoms in total. The fourth-order valence-corrected chi connectivity index (χ4v) is 3.77. The molecule has 2 fully saturated rings. The number of ketones is 1. The highest BCUT2D eigenvalue weighted by Gasteiger charge is 2.39. The third-order valence-corrected chi connectivity index (χ3v) is 4.78. The van der Waals surface area contributed by atoms with Gasteiger partial charge in [-0.1, -0.05) is 24.4 Å². The molecule has 0 aromatic carbocycles. The van der Waals surface area contributed by atoms with Crippen molar-refractivity contribution in [1.82, 2.24) is 15.1 Å². The molecule has 2 aliphatic rings. The number of hydrogen-bond donors (Lipinski definition) is 1. The smallest absolute Gasteiger partial charge is 0.199 e. The number of carbonyl (C=O) groups is 1. The van der Waals surface area contributed by atoms with Gasteiger partial charge in [-0.05, 0) is 32.1 Å². The number of nitrogens with one attached hydrogen (secondary N) is 1. The molecule has 0 spiro atoms. The van der Waals surface area contributed by atoms with Gasteiger partial charge in [0, 0.05) is 12.6 Å². The minimum absolute atomic E-state index is 0.0763. The van der Waals surface area contributed by atoms with Gasteiger partial charge in [0.2, 0.25) is 0 Å². The van der Waals surface area contributed by atoms with Crippen LogP contribution in [0.2, 0.25) is 5.02 Å². The van der Waals surface area contributed by atoms with Gasteiger partial charge in [0.1, 0.15) is 5.69 Å². The molecule has 1 aliphatic carbocycles. The first kappa shape index (κ1) is 13.1. The van der Waals surface area contributed by atoms with E-state index in [1.165, 1.54) is 25.7 Å². The van der Waals surface area contributed by atoms with Crippen LogP contribution in [0.25, 0.3) is 0 Å². The summed E-state index contributed by atoms with van der Waals surface area (Å²) >= 11 is 6.12. The number of rotatable bonds is 3. The van der Waals surface area contributed by atoms with Crippen molar-refractivity contribution < 1.29 is 4.79 Å². The summed E-state index contributed by atoms with van der Waals surface area (Å²) in [5.41, 5.74) is 0.570. The molecular weight excluding hydrogens is 262 g/mol. The Hall–Kier alpha value is -0.870. The normalized spacial score (nSPS) is 30.3. The first-order valence-electron chi connectivity index (χ1n) is 7.22. The lowest BCUT2D eigenvalue weighted by atomic mass is 9.84. The van der Waals surface area contributed by atoms with Crippen LogP contribution in [0.5, 0.6) is 0 Å². The molecule has 3 unspecified atom stereocenters. The Morgan fingerprint density at radius 3 is 3.05 bits per heavy atom. The van der Waals surface area contributed by atoms with E-state index in [4.69, 9.17) is 11.6 Å². The Kier molecular flexibility index (Phi) is 3.63. The SMILES string of the molecule is CCn1ncc(Cl)c1C(=O)C1CC2CCCCC2N1. The zero-order valence-electron chi connectivity index (χ0n) is 11.2. The van der Waals surface area contributed by atoms with Crippen LogP contribution < -0.4 is 5.32 Å². The molecule has 104 valence electrons. The summed E-state index contributed by atoms with van der Waals surface area (Å²) in [5, 5.41) is 8.14. The Morgan fingerprint density at radius 1 is 1.53 bits per heavy atom. The molecule has 0 amide bonds. The fraction of sp³-hybridized carbons (Fsp3) is 0.714. The molecule has 2 heterocycles. The number of nitrogens with zero attached hydrogens (tertiary/aromatic N) is 2. The second kappa shape index (κ2) is 5.25. The third-order valence-electron chi connectivity index (χ3n) is 4.51. The molecular formula is C14H20ClN3O. The summed E-state index contributed by atoms with van der Waals surface area (Å²) in [6.45, 7) is 2.65. The molecule has 1 saturated heterocycles. The summed E-state index contributed by atoms with van der Waals surface area (Å²) < 4.78 is 1.70. The lowest BCUT2D eigenvalue weighted by Crippen LogP contribution is -2.38. The van der Waals surface area contributed by atoms with Gasteiger partial charge in [-0.2, -0.15) is 5.10 Å². The predicted molar refractivity (Wildman–Crippen MR) is 74.5 cm³/mol. The largest absolute Gasteiger partial charge is 0.304 e. The number of halogens is 1. The van der Waals surface area contributed by atoms with Crippen molar-refractivity contribution in [2.75, 3.05) is 0 Å². The number of aryl methyl sites for hydroxylation is 1. The van der Waals surface area contributed by atoms with E-state index in [0.717, 1.165) is 6.42 Å². The number of carbonyl (C=O) groups excluding carboxylic acids is 1. The van der Waals surface area contributed by atoms with Crippen LogP contribution in [0.15, 0.2) is 6.20 Å². The molecule has 1 aliphatic heterocycles. The molecule has 0 radical (unpaired) electrons. The maximum atomic E-state index is 12.6. The summed E-state index contributed by atoms with van der Waals surface area (Å²) in [7, 11) is 0. The van der Waals surface area contributed by atoms with Crippen molar-refractivity contribution in [1.29, 1.82) is 0 Å². The average Bonchev–Trinajstić information content (AvgIpc) is 3.01. The molecule has 1 N–H and O–H groups in total. The van der Waals surface area contributed by atoms with E-state index in [1.807, 2.05) is 6.92 Å². The average molecular weight is 282 g/mol. The summed E-state index contributed by atoms with van der Waals surface area (Å²) in [4.78, 5) is 12.6. The third kappa shape index (κ3) is 2.32. The van der Waals surface area contributed by atoms with Gasteiger partial charge in [0.25, 0.3) is 0 Å². The van der Waals surface area contributed by atoms with Gasteiger partial charge in [0.15, 0.2) is 5.78 Å². The Morgan fingerprint density at radius 2 is 2.32 bits per heavy atom. The maximum absolute atomic E-state index is 12.6. The van der Waals surface area contributed by atoms with Crippen LogP contribution in [0, 0.1) is 5.92 Å². The standard InChI is InChI=1S/C14H20ClN3O/c1-2-18-13(10(15)8-16-18)14(19)12-7-9-5-3-4-6-11(9)17-12/h8-9,11-12,17H,2-7H2,1H3. The van der Waals surface area contributed by atoms with E-state index in [0.29, 0.717) is 29.2 Å². The van der Waals surface area contributed by atoms with Gasteiger partial charge in [-0.3, -0.25) is 9.48 Å². The fourth-order valence-electron chi connectivity index (χ4n) is 3.53. The molecule has 3 rings (SSSR count). The first-order valence-corrected chi connectivity index (χ1v) is 7.60. The summed E-state index contributed by atoms with van der Waals surface area (Å²) in [5.74, 6) is 0.776. The minimum Gasteiger partial charge on any atom is -0.304 e. The van der Waals surface area contributed by atoms with Crippen LogP contribution in [0.3, 0.4) is 0 Å². The highest BCUT2D eigenvalue weighted by atomic mass is 35.5. The van der Waals surface area contributed by atoms with Crippen LogP contribution in [0.1, 0.15) is 49.5 Å². The van der Waals surface area contributed by atoms with E-state index >= 15 is 0 Å². The molecule has 1 aromatic heterocycles. The monoisotopic (exact) mass is 281 g/mol. The Bertz CT molecular complexity index is 471. The van der Waals surface area contributed by atoms with Crippen molar-refractivity contribution in [3.05, 3.63) is 16.9 Å². The summed E-state index contributed by atoms with van der Waals surface area (Å²) in [6, 6.07) is 0.451. The Labute approximate surface area is 118 Å². The minimum atomic E-state index is -0.0763. The summed E-state index contributed by atoms with van der Waals surface area (Å²) in [6.07, 6.45) is 7.56. The lowest BCUT2D eigenvalue weighted by molar-refractivity contribution is 0.0938. The van der Waals surface area contributed by atoms with Crippen molar-refractivity contribution in [3.63, 3.8) is 0 Å². The molecule has 1 aromatic rings. The number of fused-ring (bicyclic) bond motifs is 1. The second-order valence-corrected chi connectivity index (χ2v) is 6.03. The maximum Gasteiger partial charge on any atom is 0.199 e. The quantitative estimate of drug-likeness (QED) is 0.867. The van der Waals surface area contributed by atoms with Gasteiger partial charge < -0.3 is 5.32 Å². The highest BCUT2D eigenvalue weighted by Crippen LogP contribution is 2.34. The van der Waals surface area contributed by atoms with E-state index in [9.17, 15) is 4.79 Å². The molecule has 5 heteroatoms. The topological polar surface area (TPSA) is 46.9 Å². The van der Waals surface area contributed by atoms with Crippen LogP contribution in [-0.4, -0.2) is 27.6 Å². The van der Waals surface area contributed by atoms with E-state index < -0.39 is 0 Å². The van der Waals surface area contributed by atoms with Gasteiger partial charge >= 0.3 is 0 Å². The van der Waals surface area contributed by atoms with Crippen molar-refractivity contribution in [2.24, 2.45) is 5.92 Å². The van der Waals surface area contributed by atoms with Crippen LogP contribution in [-0.2, 0) is 6.54 Å². The van der Waals surface area contributed by atoms with Gasteiger partial charge in [-0.15, -0.1) is 0 Å². The lowest BCUT2D eigenvalue weighted by Gasteiger charge is -2.24. The predicted octanol–water partition coefficient (Wildman–Crippen LogP) is 2.66. The first-order chi connectivity index (χ1) is 9.20. The zero-order chi connectivity index (χ0) is 13.4. The Balaban J connectivity index is 1.79. The highest BCUT2D eigenvalue weighted by molar-refractivity contribution is 6.33. The van der Waals surface area contributed by atoms with Crippen LogP contribution in [0.4, 0.5) is 0 Å². The molecule has 0 bridgehead atoms. The van der Waals surface area contributed by atoms with Crippen LogP contribution >= 0.6 is 11.6 Å². The zero-order valence-corrected chi connectivity index (χ0v) is 12.0. The molecule has 3 atom stereocenters. The van der Waals surface area contributed by atoms with E-state index in [-0.39, 0.29) is 11.8 Å². The number of hydrogen-bond acceptors (Lipinski definition) is 3. The number of Topliss-reactive ketones (excluding diaryl/α,β-unsaturated/α-hetero) is 1. The number of aromatic nitrogens is 2. The van der Waals surface area contributed by atoms with Crippen molar-refractivity contribution in [2.45, 2.75) is 57.7 Å². The molecule has 19 heavy (non-hydrogen) atoms. The second-order valence-electron chi connectivity index (χ2n) is 5.63. The van der Waals surface area contributed by atoms with E-state index in [2.05, 4.69) is 10.4 Å². The van der Waals surface area contributed by atoms with Crippen molar-refractivity contribution in [3.8, 4) is 0 Å². The van der Waals surface area contributed by atoms with Gasteiger partial charge in [-0.25, -0.2) is 0 Å². The molecule has 1 saturated carbocycles.